The minimum atomic E-state index is -0.287. The lowest BCUT2D eigenvalue weighted by Gasteiger charge is -2.20. The molecule has 2 aliphatic carbocycles. The highest BCUT2D eigenvalue weighted by Crippen LogP contribution is 2.51. The van der Waals surface area contributed by atoms with Crippen molar-refractivity contribution < 1.29 is 28.5 Å². The van der Waals surface area contributed by atoms with Gasteiger partial charge in [-0.05, 0) is 84.5 Å². The fourth-order valence-electron chi connectivity index (χ4n) is 8.45. The lowest BCUT2D eigenvalue weighted by Crippen LogP contribution is -2.29. The van der Waals surface area contributed by atoms with Gasteiger partial charge in [0.15, 0.2) is 0 Å². The van der Waals surface area contributed by atoms with Crippen LogP contribution in [-0.2, 0) is 54.5 Å². The molecule has 0 spiro atoms. The van der Waals surface area contributed by atoms with E-state index in [1.54, 1.807) is 0 Å². The van der Waals surface area contributed by atoms with Gasteiger partial charge in [0, 0.05) is 35.4 Å². The van der Waals surface area contributed by atoms with Gasteiger partial charge >= 0.3 is 11.9 Å². The molecule has 4 fully saturated rings. The number of epoxide rings is 2. The van der Waals surface area contributed by atoms with Crippen LogP contribution in [0.1, 0.15) is 83.0 Å². The van der Waals surface area contributed by atoms with E-state index in [1.807, 2.05) is 21.8 Å². The minimum Gasteiger partial charge on any atom is -0.455 e. The highest BCUT2D eigenvalue weighted by molar-refractivity contribution is 5.91. The Hall–Kier alpha value is -3.90. The number of aryl methyl sites for hydroxylation is 2. The Morgan fingerprint density at radius 1 is 0.755 bits per heavy atom. The Bertz CT molecular complexity index is 1620. The first-order valence-electron chi connectivity index (χ1n) is 17.9. The second kappa shape index (κ2) is 12.5. The maximum atomic E-state index is 12.3. The molecule has 2 aromatic rings. The molecule has 0 saturated carbocycles. The summed E-state index contributed by atoms with van der Waals surface area (Å²) < 4.78 is 27.3. The standard InChI is InChI=1S/C37H46N6O6/c1-22-28-14-12-24(8-6-16-36(3)32(48-36)30(28)46-34(22)44)18-42-20-26(38-40-42)10-5-11-27-21-43(41-39-27)19-25-9-7-17-37(4)33(49-37)31-29(15-13-25)23(2)35(45)47-31/h8-9,20-21,28-33H,1-2,5-7,10-19H2,3-4H3/b24-8+,25-9+/t28-,29-,30-,31-,32-,33-,36+,37+/m0/s1. The van der Waals surface area contributed by atoms with Crippen molar-refractivity contribution in [1.82, 2.24) is 30.0 Å². The average Bonchev–Trinajstić information content (AvgIpc) is 3.55. The molecular weight excluding hydrogens is 624 g/mol. The Kier molecular flexibility index (Phi) is 8.21. The van der Waals surface area contributed by atoms with Crippen LogP contribution in [0.2, 0.25) is 0 Å². The van der Waals surface area contributed by atoms with Crippen molar-refractivity contribution in [1.29, 1.82) is 0 Å². The smallest absolute Gasteiger partial charge is 0.334 e. The molecule has 0 N–H and O–H groups in total. The van der Waals surface area contributed by atoms with Gasteiger partial charge in [0.1, 0.15) is 24.4 Å². The molecule has 6 heterocycles. The van der Waals surface area contributed by atoms with Gasteiger partial charge in [-0.3, -0.25) is 0 Å². The first-order valence-corrected chi connectivity index (χ1v) is 17.9. The predicted molar refractivity (Wildman–Crippen MR) is 177 cm³/mol. The van der Waals surface area contributed by atoms with Crippen LogP contribution >= 0.6 is 0 Å². The van der Waals surface area contributed by atoms with Crippen LogP contribution in [0.4, 0.5) is 0 Å². The van der Waals surface area contributed by atoms with Crippen LogP contribution in [0.15, 0.2) is 60.0 Å². The maximum absolute atomic E-state index is 12.3. The van der Waals surface area contributed by atoms with E-state index in [0.717, 1.165) is 82.0 Å². The first-order chi connectivity index (χ1) is 23.6. The van der Waals surface area contributed by atoms with Crippen LogP contribution in [-0.4, -0.2) is 77.5 Å². The molecule has 8 atom stereocenters. The summed E-state index contributed by atoms with van der Waals surface area (Å²) in [5.41, 5.74) is 5.11. The summed E-state index contributed by atoms with van der Waals surface area (Å²) in [5.74, 6) is -0.604. The fourth-order valence-corrected chi connectivity index (χ4v) is 8.45. The summed E-state index contributed by atoms with van der Waals surface area (Å²) in [5, 5.41) is 17.7. The molecule has 4 aliphatic heterocycles. The summed E-state index contributed by atoms with van der Waals surface area (Å²) in [6.07, 6.45) is 17.5. The summed E-state index contributed by atoms with van der Waals surface area (Å²) in [6.45, 7) is 13.6. The van der Waals surface area contributed by atoms with Crippen molar-refractivity contribution in [3.8, 4) is 0 Å². The second-order valence-corrected chi connectivity index (χ2v) is 15.3. The largest absolute Gasteiger partial charge is 0.455 e. The van der Waals surface area contributed by atoms with Crippen LogP contribution in [0.3, 0.4) is 0 Å². The topological polar surface area (TPSA) is 139 Å². The number of allylic oxidation sites excluding steroid dienone is 4. The van der Waals surface area contributed by atoms with Gasteiger partial charge in [0.2, 0.25) is 0 Å². The zero-order valence-electron chi connectivity index (χ0n) is 28.5. The number of ether oxygens (including phenoxy) is 4. The van der Waals surface area contributed by atoms with Crippen molar-refractivity contribution in [2.75, 3.05) is 0 Å². The molecule has 0 bridgehead atoms. The number of carbonyl (C=O) groups excluding carboxylic acids is 2. The molecule has 0 unspecified atom stereocenters. The zero-order valence-corrected chi connectivity index (χ0v) is 28.5. The molecule has 12 heteroatoms. The quantitative estimate of drug-likeness (QED) is 0.170. The number of esters is 2. The maximum Gasteiger partial charge on any atom is 0.334 e. The molecule has 260 valence electrons. The third-order valence-corrected chi connectivity index (χ3v) is 11.6. The van der Waals surface area contributed by atoms with Crippen molar-refractivity contribution in [2.45, 2.75) is 133 Å². The van der Waals surface area contributed by atoms with E-state index in [-0.39, 0.29) is 59.4 Å². The minimum absolute atomic E-state index is 0.0148. The number of fused-ring (bicyclic) bond motifs is 6. The van der Waals surface area contributed by atoms with E-state index in [0.29, 0.717) is 24.2 Å². The Morgan fingerprint density at radius 3 is 1.65 bits per heavy atom. The molecule has 4 saturated heterocycles. The summed E-state index contributed by atoms with van der Waals surface area (Å²) in [6, 6.07) is 0. The first kappa shape index (κ1) is 32.3. The van der Waals surface area contributed by atoms with Crippen LogP contribution < -0.4 is 0 Å². The average molecular weight is 671 g/mol. The number of carbonyl (C=O) groups is 2. The van der Waals surface area contributed by atoms with E-state index in [9.17, 15) is 9.59 Å². The van der Waals surface area contributed by atoms with E-state index in [4.69, 9.17) is 18.9 Å². The second-order valence-electron chi connectivity index (χ2n) is 15.3. The van der Waals surface area contributed by atoms with E-state index in [2.05, 4.69) is 59.8 Å². The van der Waals surface area contributed by atoms with Gasteiger partial charge < -0.3 is 18.9 Å². The van der Waals surface area contributed by atoms with Gasteiger partial charge in [0.05, 0.1) is 35.7 Å². The Morgan fingerprint density at radius 2 is 1.20 bits per heavy atom. The Balaban J connectivity index is 0.830. The molecule has 6 aliphatic rings. The Labute approximate surface area is 286 Å². The monoisotopic (exact) mass is 670 g/mol. The lowest BCUT2D eigenvalue weighted by molar-refractivity contribution is -0.140. The molecule has 0 radical (unpaired) electrons. The van der Waals surface area contributed by atoms with Crippen LogP contribution in [0, 0.1) is 11.8 Å². The highest BCUT2D eigenvalue weighted by Gasteiger charge is 2.62. The van der Waals surface area contributed by atoms with Gasteiger partial charge in [-0.1, -0.05) is 46.9 Å². The number of nitrogens with zero attached hydrogens (tertiary/aromatic N) is 6. The number of aromatic nitrogens is 6. The zero-order chi connectivity index (χ0) is 33.9. The van der Waals surface area contributed by atoms with Crippen molar-refractivity contribution in [2.24, 2.45) is 11.8 Å². The van der Waals surface area contributed by atoms with Crippen molar-refractivity contribution >= 4 is 11.9 Å². The lowest BCUT2D eigenvalue weighted by atomic mass is 9.84. The third-order valence-electron chi connectivity index (χ3n) is 11.6. The van der Waals surface area contributed by atoms with Crippen molar-refractivity contribution in [3.05, 3.63) is 71.4 Å². The van der Waals surface area contributed by atoms with Crippen molar-refractivity contribution in [3.63, 3.8) is 0 Å². The summed E-state index contributed by atoms with van der Waals surface area (Å²) in [4.78, 5) is 24.6. The molecule has 8 rings (SSSR count). The molecule has 2 aromatic heterocycles. The molecule has 0 aromatic carbocycles. The van der Waals surface area contributed by atoms with Gasteiger partial charge in [-0.2, -0.15) is 0 Å². The van der Waals surface area contributed by atoms with Gasteiger partial charge in [0.25, 0.3) is 0 Å². The number of hydrogen-bond acceptors (Lipinski definition) is 10. The van der Waals surface area contributed by atoms with E-state index in [1.165, 1.54) is 11.1 Å². The molecular formula is C37H46N6O6. The predicted octanol–water partition coefficient (Wildman–Crippen LogP) is 4.56. The van der Waals surface area contributed by atoms with E-state index >= 15 is 0 Å². The number of hydrogen-bond donors (Lipinski definition) is 0. The third kappa shape index (κ3) is 6.45. The summed E-state index contributed by atoms with van der Waals surface area (Å²) in [7, 11) is 0. The van der Waals surface area contributed by atoms with Crippen LogP contribution in [0.25, 0.3) is 0 Å². The van der Waals surface area contributed by atoms with Gasteiger partial charge in [-0.15, -0.1) is 10.2 Å². The molecule has 49 heavy (non-hydrogen) atoms. The fraction of sp³-hybridized carbons (Fsp3) is 0.622. The van der Waals surface area contributed by atoms with Gasteiger partial charge in [-0.25, -0.2) is 19.0 Å². The molecule has 0 amide bonds. The normalized spacial score (nSPS) is 37.8. The van der Waals surface area contributed by atoms with Crippen LogP contribution in [0.5, 0.6) is 0 Å². The highest BCUT2D eigenvalue weighted by atomic mass is 16.7. The molecule has 12 nitrogen and oxygen atoms in total. The van der Waals surface area contributed by atoms with E-state index < -0.39 is 0 Å². The number of rotatable bonds is 8. The summed E-state index contributed by atoms with van der Waals surface area (Å²) >= 11 is 0. The SMILES string of the molecule is C=C1C(=O)O[C@H]2[C@H]1CC/C(Cn1cc(CCCc3cn(C/C4=C/CC[C@@]5(C)O[C@H]5[C@H]5OC(=O)C(=C)[C@@H]5CC4)nn3)nn1)=C\CC[C@@]1(C)O[C@@H]21.